The van der Waals surface area contributed by atoms with Gasteiger partial charge in [0.05, 0.1) is 27.9 Å². The van der Waals surface area contributed by atoms with Crippen molar-refractivity contribution < 1.29 is 0 Å². The van der Waals surface area contributed by atoms with Gasteiger partial charge in [0.15, 0.2) is 0 Å². The Morgan fingerprint density at radius 1 is 0.506 bits per heavy atom. The van der Waals surface area contributed by atoms with Crippen LogP contribution in [0.3, 0.4) is 0 Å². The Morgan fingerprint density at radius 3 is 1.62 bits per heavy atom. The number of halogens is 1. The van der Waals surface area contributed by atoms with Gasteiger partial charge in [-0.2, -0.15) is 0 Å². The van der Waals surface area contributed by atoms with E-state index >= 15 is 0 Å². The topological polar surface area (TPSA) is 46.9 Å². The second-order valence-electron chi connectivity index (χ2n) is 19.9. The standard InChI is InChI=1S/C68H47ClN5P.C2H6/c1-6-75-41(3)70-66-58-38-50-21-13-11-19-48(50)36-56(58)64(73(66)4)61(44-29-31-53(69)32-30-44)63-55-35-47-18-10-9-17-46(47)34-54(55)62(71-63)60(43-25-23-40(2)24-26-43)65-57-37-49-20-12-14-22-51(49)39-59(57)67(74(65)5)72-68(75)52-28-27-42-15-7-8-16-45(42)33-52;1-2/h1,7-39,68H,2-5H3;1-2H3/b63-61-,65-60-,70-41-,72-67-;. The van der Waals surface area contributed by atoms with E-state index in [2.05, 4.69) is 231 Å². The molecule has 0 amide bonds. The highest BCUT2D eigenvalue weighted by Crippen LogP contribution is 2.54. The molecule has 0 saturated heterocycles. The predicted molar refractivity (Wildman–Crippen MR) is 330 cm³/mol. The summed E-state index contributed by atoms with van der Waals surface area (Å²) in [5, 5.41) is 14.9. The summed E-state index contributed by atoms with van der Waals surface area (Å²) < 4.78 is 4.58. The molecule has 2 aromatic heterocycles. The first-order valence-electron chi connectivity index (χ1n) is 26.3. The van der Waals surface area contributed by atoms with E-state index in [-0.39, 0.29) is 0 Å². The van der Waals surface area contributed by atoms with Gasteiger partial charge in [0.2, 0.25) is 0 Å². The molecule has 0 aliphatic carbocycles. The van der Waals surface area contributed by atoms with Crippen molar-refractivity contribution in [2.45, 2.75) is 33.5 Å². The van der Waals surface area contributed by atoms with Gasteiger partial charge in [0.1, 0.15) is 17.1 Å². The van der Waals surface area contributed by atoms with Crippen LogP contribution >= 0.6 is 19.5 Å². The molecule has 2 aliphatic rings. The number of hydrogen-bond acceptors (Lipinski definition) is 3. The number of hydrogen-bond donors (Lipinski definition) is 0. The molecule has 0 fully saturated rings. The summed E-state index contributed by atoms with van der Waals surface area (Å²) in [4.78, 5) is 17.9. The largest absolute Gasteiger partial charge is 0.328 e. The lowest BCUT2D eigenvalue weighted by atomic mass is 9.89. The number of fused-ring (bicyclic) bond motifs is 18. The fourth-order valence-electron chi connectivity index (χ4n) is 11.7. The summed E-state index contributed by atoms with van der Waals surface area (Å²) in [5.41, 5.74) is 16.1. The first kappa shape index (κ1) is 48.0. The Hall–Kier alpha value is -8.65. The molecule has 370 valence electrons. The quantitative estimate of drug-likeness (QED) is 0.125. The van der Waals surface area contributed by atoms with E-state index < -0.39 is 13.7 Å². The molecule has 77 heavy (non-hydrogen) atoms. The smallest absolute Gasteiger partial charge is 0.141 e. The zero-order valence-corrected chi connectivity index (χ0v) is 45.4. The fourth-order valence-corrected chi connectivity index (χ4v) is 13.4. The van der Waals surface area contributed by atoms with Crippen LogP contribution in [0.4, 0.5) is 5.82 Å². The fraction of sp³-hybridized carbons (Fsp3) is 0.100. The van der Waals surface area contributed by atoms with Crippen LogP contribution in [-0.4, -0.2) is 20.3 Å². The van der Waals surface area contributed by atoms with Crippen LogP contribution in [0.1, 0.15) is 65.6 Å². The molecule has 0 spiro atoms. The number of nitrogens with zero attached hydrogens (tertiary/aromatic N) is 5. The summed E-state index contributed by atoms with van der Waals surface area (Å²) in [6, 6.07) is 72.1. The zero-order chi connectivity index (χ0) is 52.6. The molecule has 0 saturated carbocycles. The molecule has 12 aromatic rings. The summed E-state index contributed by atoms with van der Waals surface area (Å²) in [7, 11) is 2.81. The van der Waals surface area contributed by atoms with Crippen molar-refractivity contribution in [2.24, 2.45) is 29.1 Å². The van der Waals surface area contributed by atoms with Crippen molar-refractivity contribution in [2.75, 3.05) is 0 Å². The molecule has 7 heteroatoms. The first-order chi connectivity index (χ1) is 37.7. The molecule has 10 aromatic carbocycles. The van der Waals surface area contributed by atoms with Crippen LogP contribution in [0.15, 0.2) is 215 Å². The predicted octanol–water partition coefficient (Wildman–Crippen LogP) is 17.3. The zero-order valence-electron chi connectivity index (χ0n) is 43.8. The Labute approximate surface area is 454 Å². The van der Waals surface area contributed by atoms with Gasteiger partial charge in [-0.3, -0.25) is 4.99 Å². The van der Waals surface area contributed by atoms with Gasteiger partial charge in [-0.1, -0.05) is 182 Å². The number of aliphatic imine (C=N–C) groups is 2. The van der Waals surface area contributed by atoms with Gasteiger partial charge in [0.25, 0.3) is 0 Å². The van der Waals surface area contributed by atoms with Crippen molar-refractivity contribution in [1.82, 2.24) is 9.13 Å². The third-order valence-electron chi connectivity index (χ3n) is 15.4. The van der Waals surface area contributed by atoms with Crippen molar-refractivity contribution in [3.05, 3.63) is 255 Å². The minimum absolute atomic E-state index is 0.468. The van der Waals surface area contributed by atoms with Crippen molar-refractivity contribution in [1.29, 1.82) is 0 Å². The van der Waals surface area contributed by atoms with Gasteiger partial charge in [-0.05, 0) is 128 Å². The number of aryl methyl sites for hydroxylation is 1. The summed E-state index contributed by atoms with van der Waals surface area (Å²) in [6.45, 7) is 8.25. The Kier molecular flexibility index (Phi) is 12.0. The molecule has 2 unspecified atom stereocenters. The van der Waals surface area contributed by atoms with Gasteiger partial charge in [-0.15, -0.1) is 6.42 Å². The highest BCUT2D eigenvalue weighted by atomic mass is 35.5. The molecule has 2 aliphatic heterocycles. The van der Waals surface area contributed by atoms with Gasteiger partial charge < -0.3 is 9.13 Å². The Morgan fingerprint density at radius 2 is 1.01 bits per heavy atom. The molecule has 4 heterocycles. The molecule has 2 atom stereocenters. The molecule has 14 rings (SSSR count). The van der Waals surface area contributed by atoms with E-state index in [1.807, 2.05) is 26.0 Å². The van der Waals surface area contributed by atoms with E-state index in [1.54, 1.807) is 0 Å². The van der Waals surface area contributed by atoms with Gasteiger partial charge in [0, 0.05) is 70.9 Å². The molecular formula is C70H53ClN5P. The number of rotatable bonds is 3. The van der Waals surface area contributed by atoms with Gasteiger partial charge >= 0.3 is 0 Å². The molecule has 0 N–H and O–H groups in total. The van der Waals surface area contributed by atoms with Crippen LogP contribution in [0.25, 0.3) is 81.5 Å². The average Bonchev–Trinajstić information content (AvgIpc) is 4.07. The highest BCUT2D eigenvalue weighted by Gasteiger charge is 2.33. The summed E-state index contributed by atoms with van der Waals surface area (Å²) >= 11 is 6.77. The van der Waals surface area contributed by atoms with Crippen LogP contribution in [0, 0.1) is 19.0 Å². The average molecular weight is 1030 g/mol. The van der Waals surface area contributed by atoms with E-state index in [0.717, 1.165) is 143 Å². The second-order valence-corrected chi connectivity index (χ2v) is 22.5. The van der Waals surface area contributed by atoms with Crippen molar-refractivity contribution >= 4 is 118 Å². The first-order valence-corrected chi connectivity index (χ1v) is 28.1. The normalized spacial score (nSPS) is 18.1. The van der Waals surface area contributed by atoms with Crippen molar-refractivity contribution in [3.8, 4) is 12.1 Å². The number of terminal acetylenes is 1. The van der Waals surface area contributed by atoms with E-state index in [4.69, 9.17) is 33.0 Å². The van der Waals surface area contributed by atoms with Crippen LogP contribution < -0.4 is 10.8 Å². The van der Waals surface area contributed by atoms with E-state index in [1.165, 1.54) is 5.56 Å². The summed E-state index contributed by atoms with van der Waals surface area (Å²) in [5.74, 6) is 0.345. The highest BCUT2D eigenvalue weighted by molar-refractivity contribution is 7.79. The molecule has 5 nitrogen and oxygen atoms in total. The monoisotopic (exact) mass is 1030 g/mol. The Balaban J connectivity index is 0.00000280. The number of aromatic nitrogens is 2. The Bertz CT molecular complexity index is 4720. The third kappa shape index (κ3) is 7.94. The third-order valence-corrected chi connectivity index (χ3v) is 17.7. The molecule has 6 bridgehead atoms. The molecular weight excluding hydrogens is 977 g/mol. The second kappa shape index (κ2) is 19.2. The SMILES string of the molecule is C#CP1/C(C)=N\c2c3cc4ccccc4cc3c(n2C)\C(c2ccc(Cl)cc2)=C2/N=C(/C(c3ccc(C)cc3)=c3/c4cc5ccccc5cc4/c(n3C)=N/C1c1ccc3ccccc3c1)c1cc3ccccc3cc12.CC. The maximum Gasteiger partial charge on any atom is 0.141 e. The van der Waals surface area contributed by atoms with Crippen molar-refractivity contribution in [3.63, 3.8) is 0 Å². The maximum atomic E-state index is 6.92. The van der Waals surface area contributed by atoms with Crippen LogP contribution in [0.2, 0.25) is 5.02 Å². The van der Waals surface area contributed by atoms with E-state index in [0.29, 0.717) is 5.02 Å². The van der Waals surface area contributed by atoms with Crippen LogP contribution in [0.5, 0.6) is 0 Å². The lowest BCUT2D eigenvalue weighted by Crippen LogP contribution is -2.29. The van der Waals surface area contributed by atoms with Gasteiger partial charge in [-0.25, -0.2) is 9.98 Å². The minimum atomic E-state index is -1.50. The number of benzene rings is 10. The van der Waals surface area contributed by atoms with Crippen LogP contribution in [-0.2, 0) is 14.1 Å². The van der Waals surface area contributed by atoms with E-state index in [9.17, 15) is 0 Å². The molecule has 0 radical (unpaired) electrons. The minimum Gasteiger partial charge on any atom is -0.328 e. The lowest BCUT2D eigenvalue weighted by Gasteiger charge is -2.21. The lowest BCUT2D eigenvalue weighted by molar-refractivity contribution is 0.801. The maximum absolute atomic E-state index is 6.92. The summed E-state index contributed by atoms with van der Waals surface area (Å²) in [6.07, 6.45) is 6.92.